The number of aryl methyl sites for hydroxylation is 2. The van der Waals surface area contributed by atoms with Crippen LogP contribution < -0.4 is 16.4 Å². The third-order valence-electron chi connectivity index (χ3n) is 6.56. The van der Waals surface area contributed by atoms with Crippen LogP contribution in [-0.2, 0) is 16.6 Å². The van der Waals surface area contributed by atoms with Crippen LogP contribution in [0.15, 0.2) is 36.7 Å². The lowest BCUT2D eigenvalue weighted by atomic mass is 9.93. The minimum atomic E-state index is -2.42. The van der Waals surface area contributed by atoms with Crippen molar-refractivity contribution in [3.8, 4) is 22.4 Å². The summed E-state index contributed by atoms with van der Waals surface area (Å²) in [5.74, 6) is -1.95. The molecule has 2 aromatic heterocycles. The van der Waals surface area contributed by atoms with Crippen molar-refractivity contribution in [1.82, 2.24) is 14.8 Å². The van der Waals surface area contributed by atoms with Gasteiger partial charge in [0.05, 0.1) is 30.8 Å². The molecule has 0 atom stereocenters. The summed E-state index contributed by atoms with van der Waals surface area (Å²) in [4.78, 5) is 15.1. The Bertz CT molecular complexity index is 1200. The van der Waals surface area contributed by atoms with E-state index < -0.39 is 11.7 Å². The van der Waals surface area contributed by atoms with Crippen molar-refractivity contribution in [3.05, 3.63) is 48.0 Å². The predicted octanol–water partition coefficient (Wildman–Crippen LogP) is 4.35. The number of pyridine rings is 1. The van der Waals surface area contributed by atoms with E-state index in [0.717, 1.165) is 46.9 Å². The van der Waals surface area contributed by atoms with Crippen LogP contribution >= 0.6 is 0 Å². The lowest BCUT2D eigenvalue weighted by Gasteiger charge is -2.28. The molecular weight excluding hydrogens is 497 g/mol. The van der Waals surface area contributed by atoms with Gasteiger partial charge in [0.2, 0.25) is 5.92 Å². The second kappa shape index (κ2) is 12.9. The highest BCUT2D eigenvalue weighted by Crippen LogP contribution is 2.33. The van der Waals surface area contributed by atoms with Gasteiger partial charge in [-0.25, -0.2) is 18.2 Å². The first-order valence-corrected chi connectivity index (χ1v) is 12.4. The van der Waals surface area contributed by atoms with E-state index in [4.69, 9.17) is 26.0 Å². The molecule has 11 heteroatoms. The molecule has 2 aliphatic rings. The zero-order valence-electron chi connectivity index (χ0n) is 21.8. The standard InChI is InChI=1S/C20H22FN5O.C6H11F2N.CH2O/c1-13-7-17(21)18(22)10-16(13)14-8-19(15-11-23-25(2)12-15)24-20(9-14)26-3-5-27-6-4-26;7-6(8)3-1-5(9)2-4-6;1-2/h7-12H,3-6,22H2,1-2H3;5H,1-4,9H2;1H2. The van der Waals surface area contributed by atoms with Gasteiger partial charge in [0.15, 0.2) is 0 Å². The van der Waals surface area contributed by atoms with E-state index >= 15 is 0 Å². The van der Waals surface area contributed by atoms with Crippen molar-refractivity contribution in [2.45, 2.75) is 44.6 Å². The molecule has 8 nitrogen and oxygen atoms in total. The van der Waals surface area contributed by atoms with Gasteiger partial charge in [-0.15, -0.1) is 0 Å². The summed E-state index contributed by atoms with van der Waals surface area (Å²) >= 11 is 0. The molecule has 0 spiro atoms. The smallest absolute Gasteiger partial charge is 0.248 e. The number of alkyl halides is 2. The fourth-order valence-electron chi connectivity index (χ4n) is 4.39. The fraction of sp³-hybridized carbons (Fsp3) is 0.444. The molecule has 1 aliphatic carbocycles. The van der Waals surface area contributed by atoms with E-state index in [9.17, 15) is 13.2 Å². The van der Waals surface area contributed by atoms with Crippen molar-refractivity contribution in [2.24, 2.45) is 12.8 Å². The second-order valence-corrected chi connectivity index (χ2v) is 9.48. The third kappa shape index (κ3) is 7.55. The average molecular weight is 533 g/mol. The number of hydrogen-bond donors (Lipinski definition) is 2. The fourth-order valence-corrected chi connectivity index (χ4v) is 4.39. The number of nitrogens with two attached hydrogens (primary N) is 2. The number of benzene rings is 1. The van der Waals surface area contributed by atoms with Gasteiger partial charge < -0.3 is 25.9 Å². The molecule has 3 aromatic rings. The van der Waals surface area contributed by atoms with Crippen molar-refractivity contribution in [1.29, 1.82) is 0 Å². The number of carbonyl (C=O) groups excluding carboxylic acids is 1. The quantitative estimate of drug-likeness (QED) is 0.482. The highest BCUT2D eigenvalue weighted by molar-refractivity contribution is 5.77. The highest BCUT2D eigenvalue weighted by Gasteiger charge is 2.33. The first-order chi connectivity index (χ1) is 18.1. The third-order valence-corrected chi connectivity index (χ3v) is 6.56. The summed E-state index contributed by atoms with van der Waals surface area (Å²) in [5.41, 5.74) is 15.8. The molecule has 0 radical (unpaired) electrons. The first kappa shape index (κ1) is 29.1. The van der Waals surface area contributed by atoms with Crippen molar-refractivity contribution < 1.29 is 22.7 Å². The van der Waals surface area contributed by atoms with Gasteiger partial charge >= 0.3 is 0 Å². The maximum Gasteiger partial charge on any atom is 0.248 e. The van der Waals surface area contributed by atoms with Gasteiger partial charge in [-0.3, -0.25) is 4.68 Å². The van der Waals surface area contributed by atoms with Crippen LogP contribution in [0.5, 0.6) is 0 Å². The SMILES string of the molecule is C=O.Cc1cc(F)c(N)cc1-c1cc(-c2cnn(C)c2)nc(N2CCOCC2)c1.NC1CCC(F)(F)CC1. The first-order valence-electron chi connectivity index (χ1n) is 12.4. The number of anilines is 2. The molecule has 5 rings (SSSR count). The molecule has 1 aliphatic heterocycles. The second-order valence-electron chi connectivity index (χ2n) is 9.48. The average Bonchev–Trinajstić information content (AvgIpc) is 3.36. The van der Waals surface area contributed by atoms with Gasteiger partial charge in [-0.2, -0.15) is 5.10 Å². The normalized spacial score (nSPS) is 17.2. The van der Waals surface area contributed by atoms with Gasteiger partial charge in [0.25, 0.3) is 0 Å². The van der Waals surface area contributed by atoms with E-state index in [0.29, 0.717) is 26.1 Å². The molecule has 0 amide bonds. The predicted molar refractivity (Wildman–Crippen MR) is 143 cm³/mol. The topological polar surface area (TPSA) is 112 Å². The van der Waals surface area contributed by atoms with Crippen LogP contribution in [0.3, 0.4) is 0 Å². The lowest BCUT2D eigenvalue weighted by Crippen LogP contribution is -2.36. The number of morpholine rings is 1. The Morgan fingerprint density at radius 1 is 1.08 bits per heavy atom. The maximum atomic E-state index is 13.8. The van der Waals surface area contributed by atoms with E-state index in [1.54, 1.807) is 16.9 Å². The Hall–Kier alpha value is -3.44. The minimum absolute atomic E-state index is 0.0182. The molecule has 1 saturated heterocycles. The molecule has 4 N–H and O–H groups in total. The molecule has 0 unspecified atom stereocenters. The Labute approximate surface area is 220 Å². The number of hydrogen-bond acceptors (Lipinski definition) is 7. The van der Waals surface area contributed by atoms with Gasteiger partial charge in [0, 0.05) is 50.8 Å². The van der Waals surface area contributed by atoms with Crippen LogP contribution in [0.1, 0.15) is 31.2 Å². The molecule has 3 heterocycles. The largest absolute Gasteiger partial charge is 0.396 e. The molecule has 1 saturated carbocycles. The molecule has 38 heavy (non-hydrogen) atoms. The zero-order valence-corrected chi connectivity index (χ0v) is 21.8. The van der Waals surface area contributed by atoms with Gasteiger partial charge in [-0.1, -0.05) is 0 Å². The van der Waals surface area contributed by atoms with Crippen LogP contribution in [0.4, 0.5) is 24.7 Å². The van der Waals surface area contributed by atoms with E-state index in [2.05, 4.69) is 10.00 Å². The Balaban J connectivity index is 0.000000307. The Morgan fingerprint density at radius 3 is 2.32 bits per heavy atom. The van der Waals surface area contributed by atoms with Crippen molar-refractivity contribution >= 4 is 18.3 Å². The number of halogens is 3. The number of ether oxygens (including phenoxy) is 1. The summed E-state index contributed by atoms with van der Waals surface area (Å²) in [7, 11) is 1.88. The Kier molecular flexibility index (Phi) is 9.87. The molecule has 206 valence electrons. The van der Waals surface area contributed by atoms with Crippen LogP contribution in [-0.4, -0.2) is 59.8 Å². The van der Waals surface area contributed by atoms with Crippen LogP contribution in [0, 0.1) is 12.7 Å². The van der Waals surface area contributed by atoms with E-state index in [1.807, 2.05) is 39.1 Å². The van der Waals surface area contributed by atoms with Gasteiger partial charge in [0.1, 0.15) is 18.4 Å². The molecule has 0 bridgehead atoms. The van der Waals surface area contributed by atoms with Crippen LogP contribution in [0.2, 0.25) is 0 Å². The van der Waals surface area contributed by atoms with Crippen molar-refractivity contribution in [3.63, 3.8) is 0 Å². The molecule has 1 aromatic carbocycles. The zero-order chi connectivity index (χ0) is 27.9. The summed E-state index contributed by atoms with van der Waals surface area (Å²) in [6.07, 6.45) is 4.64. The maximum absolute atomic E-state index is 13.8. The highest BCUT2D eigenvalue weighted by atomic mass is 19.3. The number of nitrogen functional groups attached to an aromatic ring is 1. The van der Waals surface area contributed by atoms with E-state index in [-0.39, 0.29) is 24.6 Å². The summed E-state index contributed by atoms with van der Waals surface area (Å²) < 4.78 is 45.7. The summed E-state index contributed by atoms with van der Waals surface area (Å²) in [5, 5.41) is 4.25. The number of aromatic nitrogens is 3. The Morgan fingerprint density at radius 2 is 1.74 bits per heavy atom. The number of nitrogens with zero attached hydrogens (tertiary/aromatic N) is 4. The van der Waals surface area contributed by atoms with Crippen LogP contribution in [0.25, 0.3) is 22.4 Å². The summed E-state index contributed by atoms with van der Waals surface area (Å²) in [6, 6.07) is 7.22. The number of carbonyl (C=O) groups is 1. The summed E-state index contributed by atoms with van der Waals surface area (Å²) in [6.45, 7) is 6.81. The molecule has 2 fully saturated rings. The minimum Gasteiger partial charge on any atom is -0.396 e. The number of rotatable bonds is 3. The van der Waals surface area contributed by atoms with E-state index in [1.165, 1.54) is 6.07 Å². The monoisotopic (exact) mass is 532 g/mol. The van der Waals surface area contributed by atoms with Crippen molar-refractivity contribution in [2.75, 3.05) is 36.9 Å². The van der Waals surface area contributed by atoms with Gasteiger partial charge in [-0.05, 0) is 60.7 Å². The lowest BCUT2D eigenvalue weighted by molar-refractivity contribution is -0.0980. The molecular formula is C27H35F3N6O2.